The van der Waals surface area contributed by atoms with E-state index >= 15 is 0 Å². The first-order valence-electron chi connectivity index (χ1n) is 4.14. The Hall–Kier alpha value is -1.40. The van der Waals surface area contributed by atoms with Crippen molar-refractivity contribution < 1.29 is 18.7 Å². The van der Waals surface area contributed by atoms with Gasteiger partial charge in [0.2, 0.25) is 0 Å². The van der Waals surface area contributed by atoms with E-state index in [-0.39, 0.29) is 11.4 Å². The summed E-state index contributed by atoms with van der Waals surface area (Å²) in [7, 11) is 0. The SMILES string of the molecule is Cc1ccc(NCS(=O)[O-])c(C(=O)O)c1. The maximum Gasteiger partial charge on any atom is 0.337 e. The molecule has 15 heavy (non-hydrogen) atoms. The predicted octanol–water partition coefficient (Wildman–Crippen LogP) is 0.942. The third-order valence-corrected chi connectivity index (χ3v) is 2.17. The quantitative estimate of drug-likeness (QED) is 0.748. The molecule has 0 saturated heterocycles. The first kappa shape index (κ1) is 11.7. The Morgan fingerprint density at radius 1 is 1.60 bits per heavy atom. The number of benzene rings is 1. The topological polar surface area (TPSA) is 89.5 Å². The summed E-state index contributed by atoms with van der Waals surface area (Å²) >= 11 is -2.25. The minimum absolute atomic E-state index is 0.0699. The molecular weight excluding hydrogens is 218 g/mol. The van der Waals surface area contributed by atoms with Crippen LogP contribution in [0.5, 0.6) is 0 Å². The van der Waals surface area contributed by atoms with Crippen molar-refractivity contribution in [3.63, 3.8) is 0 Å². The molecule has 0 amide bonds. The van der Waals surface area contributed by atoms with Gasteiger partial charge in [0.05, 0.1) is 11.4 Å². The number of carbonyl (C=O) groups is 1. The number of nitrogens with one attached hydrogen (secondary N) is 1. The number of aromatic carboxylic acids is 1. The zero-order chi connectivity index (χ0) is 11.4. The second-order valence-electron chi connectivity index (χ2n) is 2.98. The number of carboxylic acid groups (broad SMARTS) is 1. The average Bonchev–Trinajstić information content (AvgIpc) is 2.15. The van der Waals surface area contributed by atoms with Crippen LogP contribution < -0.4 is 5.32 Å². The second kappa shape index (κ2) is 4.90. The highest BCUT2D eigenvalue weighted by Crippen LogP contribution is 2.17. The fourth-order valence-corrected chi connectivity index (χ4v) is 1.40. The highest BCUT2D eigenvalue weighted by Gasteiger charge is 2.09. The minimum atomic E-state index is -2.25. The van der Waals surface area contributed by atoms with Gasteiger partial charge in [-0.05, 0) is 30.1 Å². The Bertz CT molecular complexity index is 405. The molecule has 82 valence electrons. The van der Waals surface area contributed by atoms with Crippen molar-refractivity contribution in [2.75, 3.05) is 11.2 Å². The molecule has 1 atom stereocenters. The Morgan fingerprint density at radius 2 is 2.27 bits per heavy atom. The van der Waals surface area contributed by atoms with Crippen molar-refractivity contribution in [2.45, 2.75) is 6.92 Å². The summed E-state index contributed by atoms with van der Waals surface area (Å²) < 4.78 is 20.6. The standard InChI is InChI=1S/C9H11NO4S/c1-6-2-3-8(10-5-15(13)14)7(4-6)9(11)12/h2-4,10H,5H2,1H3,(H,11,12)(H,13,14)/p-1. The highest BCUT2D eigenvalue weighted by atomic mass is 32.2. The zero-order valence-electron chi connectivity index (χ0n) is 8.02. The first-order valence-corrected chi connectivity index (χ1v) is 5.39. The van der Waals surface area contributed by atoms with Crippen LogP contribution in [0.25, 0.3) is 0 Å². The molecule has 1 rings (SSSR count). The van der Waals surface area contributed by atoms with E-state index in [4.69, 9.17) is 5.11 Å². The van der Waals surface area contributed by atoms with Crippen LogP contribution in [0, 0.1) is 6.92 Å². The van der Waals surface area contributed by atoms with E-state index in [1.165, 1.54) is 6.07 Å². The molecule has 0 bridgehead atoms. The smallest absolute Gasteiger partial charge is 0.337 e. The molecule has 2 N–H and O–H groups in total. The van der Waals surface area contributed by atoms with Gasteiger partial charge in [-0.2, -0.15) is 0 Å². The van der Waals surface area contributed by atoms with Gasteiger partial charge in [0, 0.05) is 5.69 Å². The highest BCUT2D eigenvalue weighted by molar-refractivity contribution is 7.79. The van der Waals surface area contributed by atoms with Gasteiger partial charge in [-0.25, -0.2) is 4.79 Å². The normalized spacial score (nSPS) is 12.1. The molecule has 0 aliphatic carbocycles. The van der Waals surface area contributed by atoms with Gasteiger partial charge in [-0.3, -0.25) is 4.21 Å². The van der Waals surface area contributed by atoms with Crippen LogP contribution >= 0.6 is 0 Å². The zero-order valence-corrected chi connectivity index (χ0v) is 8.84. The van der Waals surface area contributed by atoms with Gasteiger partial charge in [-0.1, -0.05) is 11.6 Å². The monoisotopic (exact) mass is 228 g/mol. The fourth-order valence-electron chi connectivity index (χ4n) is 1.13. The van der Waals surface area contributed by atoms with Gasteiger partial charge in [0.15, 0.2) is 0 Å². The minimum Gasteiger partial charge on any atom is -0.771 e. The predicted molar refractivity (Wildman–Crippen MR) is 55.5 cm³/mol. The van der Waals surface area contributed by atoms with Crippen LogP contribution in [-0.4, -0.2) is 25.7 Å². The lowest BCUT2D eigenvalue weighted by atomic mass is 10.1. The van der Waals surface area contributed by atoms with Gasteiger partial charge in [-0.15, -0.1) is 0 Å². The third-order valence-electron chi connectivity index (χ3n) is 1.79. The summed E-state index contributed by atoms with van der Waals surface area (Å²) in [5.41, 5.74) is 1.18. The summed E-state index contributed by atoms with van der Waals surface area (Å²) in [6.07, 6.45) is 0. The van der Waals surface area contributed by atoms with E-state index in [2.05, 4.69) is 5.32 Å². The Labute approximate surface area is 89.4 Å². The molecule has 0 aliphatic heterocycles. The molecule has 0 aromatic heterocycles. The van der Waals surface area contributed by atoms with Crippen molar-refractivity contribution in [3.8, 4) is 0 Å². The number of aryl methyl sites for hydroxylation is 1. The summed E-state index contributed by atoms with van der Waals surface area (Å²) in [4.78, 5) is 10.8. The lowest BCUT2D eigenvalue weighted by Crippen LogP contribution is -2.11. The number of anilines is 1. The Morgan fingerprint density at radius 3 is 2.80 bits per heavy atom. The molecule has 6 heteroatoms. The molecular formula is C9H10NO4S-. The van der Waals surface area contributed by atoms with Crippen molar-refractivity contribution in [1.29, 1.82) is 0 Å². The van der Waals surface area contributed by atoms with E-state index in [0.717, 1.165) is 5.56 Å². The average molecular weight is 228 g/mol. The van der Waals surface area contributed by atoms with E-state index in [9.17, 15) is 13.6 Å². The van der Waals surface area contributed by atoms with E-state index in [1.807, 2.05) is 0 Å². The molecule has 0 saturated carbocycles. The molecule has 1 unspecified atom stereocenters. The number of carboxylic acids is 1. The van der Waals surface area contributed by atoms with Crippen LogP contribution in [0.4, 0.5) is 5.69 Å². The fraction of sp³-hybridized carbons (Fsp3) is 0.222. The third kappa shape index (κ3) is 3.34. The number of hydrogen-bond acceptors (Lipinski definition) is 4. The Balaban J connectivity index is 2.95. The van der Waals surface area contributed by atoms with Crippen LogP contribution in [0.2, 0.25) is 0 Å². The lowest BCUT2D eigenvalue weighted by Gasteiger charge is -2.11. The van der Waals surface area contributed by atoms with E-state index in [1.54, 1.807) is 19.1 Å². The van der Waals surface area contributed by atoms with Crippen molar-refractivity contribution in [1.82, 2.24) is 0 Å². The molecule has 0 radical (unpaired) electrons. The largest absolute Gasteiger partial charge is 0.771 e. The maximum absolute atomic E-state index is 10.8. The number of hydrogen-bond donors (Lipinski definition) is 2. The molecule has 0 fully saturated rings. The van der Waals surface area contributed by atoms with Gasteiger partial charge in [0.25, 0.3) is 0 Å². The maximum atomic E-state index is 10.8. The molecule has 0 heterocycles. The van der Waals surface area contributed by atoms with Gasteiger partial charge in [0.1, 0.15) is 0 Å². The van der Waals surface area contributed by atoms with Crippen LogP contribution in [0.1, 0.15) is 15.9 Å². The molecule has 5 nitrogen and oxygen atoms in total. The lowest BCUT2D eigenvalue weighted by molar-refractivity contribution is 0.0698. The number of rotatable bonds is 4. The van der Waals surface area contributed by atoms with Crippen LogP contribution in [0.3, 0.4) is 0 Å². The van der Waals surface area contributed by atoms with Gasteiger partial charge >= 0.3 is 5.97 Å². The van der Waals surface area contributed by atoms with Gasteiger partial charge < -0.3 is 15.0 Å². The summed E-state index contributed by atoms with van der Waals surface area (Å²) in [5, 5.41) is 11.4. The molecule has 1 aromatic rings. The van der Waals surface area contributed by atoms with E-state index < -0.39 is 17.0 Å². The second-order valence-corrected chi connectivity index (χ2v) is 3.88. The molecule has 0 spiro atoms. The summed E-state index contributed by atoms with van der Waals surface area (Å²) in [5.74, 6) is -1.39. The van der Waals surface area contributed by atoms with Crippen molar-refractivity contribution >= 4 is 22.7 Å². The van der Waals surface area contributed by atoms with Crippen molar-refractivity contribution in [2.24, 2.45) is 0 Å². The first-order chi connectivity index (χ1) is 7.00. The molecule has 1 aromatic carbocycles. The van der Waals surface area contributed by atoms with Crippen LogP contribution in [-0.2, 0) is 11.1 Å². The van der Waals surface area contributed by atoms with Crippen LogP contribution in [0.15, 0.2) is 18.2 Å². The van der Waals surface area contributed by atoms with E-state index in [0.29, 0.717) is 5.69 Å². The Kier molecular flexibility index (Phi) is 3.81. The summed E-state index contributed by atoms with van der Waals surface area (Å²) in [6.45, 7) is 1.77. The van der Waals surface area contributed by atoms with Crippen molar-refractivity contribution in [3.05, 3.63) is 29.3 Å². The molecule has 0 aliphatic rings. The summed E-state index contributed by atoms with van der Waals surface area (Å²) in [6, 6.07) is 4.74.